The van der Waals surface area contributed by atoms with E-state index in [2.05, 4.69) is 4.72 Å². The van der Waals surface area contributed by atoms with E-state index in [1.165, 1.54) is 17.8 Å². The van der Waals surface area contributed by atoms with Gasteiger partial charge < -0.3 is 14.8 Å². The van der Waals surface area contributed by atoms with Crippen LogP contribution in [-0.4, -0.2) is 41.8 Å². The first-order chi connectivity index (χ1) is 9.17. The van der Waals surface area contributed by atoms with Crippen molar-refractivity contribution < 1.29 is 23.4 Å². The van der Waals surface area contributed by atoms with Crippen LogP contribution in [0.3, 0.4) is 0 Å². The maximum atomic E-state index is 12.1. The SMILES string of the molecule is CC(C)CC(CO)NS(=O)(=O)c1cc(C(=O)O)n(C)c1. The predicted octanol–water partition coefficient (Wildman–Crippen LogP) is 0.409. The van der Waals surface area contributed by atoms with Gasteiger partial charge in [0, 0.05) is 19.3 Å². The zero-order valence-corrected chi connectivity index (χ0v) is 12.5. The molecule has 8 heteroatoms. The van der Waals surface area contributed by atoms with E-state index in [0.717, 1.165) is 6.07 Å². The summed E-state index contributed by atoms with van der Waals surface area (Å²) in [5, 5.41) is 18.1. The lowest BCUT2D eigenvalue weighted by atomic mass is 10.1. The van der Waals surface area contributed by atoms with Crippen molar-refractivity contribution in [2.24, 2.45) is 13.0 Å². The zero-order valence-electron chi connectivity index (χ0n) is 11.7. The van der Waals surface area contributed by atoms with Gasteiger partial charge in [-0.25, -0.2) is 17.9 Å². The highest BCUT2D eigenvalue weighted by Crippen LogP contribution is 2.15. The van der Waals surface area contributed by atoms with Gasteiger partial charge in [0.25, 0.3) is 0 Å². The zero-order chi connectivity index (χ0) is 15.5. The van der Waals surface area contributed by atoms with Crippen molar-refractivity contribution in [1.82, 2.24) is 9.29 Å². The van der Waals surface area contributed by atoms with E-state index >= 15 is 0 Å². The molecule has 1 aromatic heterocycles. The molecule has 0 aliphatic heterocycles. The maximum Gasteiger partial charge on any atom is 0.352 e. The van der Waals surface area contributed by atoms with Gasteiger partial charge in [-0.1, -0.05) is 13.8 Å². The Morgan fingerprint density at radius 3 is 2.45 bits per heavy atom. The summed E-state index contributed by atoms with van der Waals surface area (Å²) in [6.45, 7) is 3.53. The minimum absolute atomic E-state index is 0.116. The van der Waals surface area contributed by atoms with Crippen molar-refractivity contribution >= 4 is 16.0 Å². The van der Waals surface area contributed by atoms with E-state index in [1.54, 1.807) is 0 Å². The molecule has 0 radical (unpaired) electrons. The molecule has 1 unspecified atom stereocenters. The number of carboxylic acids is 1. The van der Waals surface area contributed by atoms with Gasteiger partial charge in [-0.3, -0.25) is 0 Å². The van der Waals surface area contributed by atoms with Crippen molar-refractivity contribution in [3.8, 4) is 0 Å². The average Bonchev–Trinajstić information content (AvgIpc) is 2.70. The smallest absolute Gasteiger partial charge is 0.352 e. The molecule has 0 spiro atoms. The molecule has 1 aromatic rings. The third-order valence-corrected chi connectivity index (χ3v) is 4.29. The van der Waals surface area contributed by atoms with Crippen LogP contribution in [0.4, 0.5) is 0 Å². The highest BCUT2D eigenvalue weighted by atomic mass is 32.2. The van der Waals surface area contributed by atoms with Crippen LogP contribution >= 0.6 is 0 Å². The van der Waals surface area contributed by atoms with Gasteiger partial charge in [0.1, 0.15) is 10.6 Å². The number of sulfonamides is 1. The van der Waals surface area contributed by atoms with Crippen molar-refractivity contribution in [3.05, 3.63) is 18.0 Å². The lowest BCUT2D eigenvalue weighted by Crippen LogP contribution is -2.38. The highest BCUT2D eigenvalue weighted by molar-refractivity contribution is 7.89. The largest absolute Gasteiger partial charge is 0.477 e. The number of hydrogen-bond donors (Lipinski definition) is 3. The molecule has 20 heavy (non-hydrogen) atoms. The van der Waals surface area contributed by atoms with Crippen molar-refractivity contribution in [2.75, 3.05) is 6.61 Å². The van der Waals surface area contributed by atoms with E-state index in [1.807, 2.05) is 13.8 Å². The summed E-state index contributed by atoms with van der Waals surface area (Å²) in [6, 6.07) is 0.502. The summed E-state index contributed by atoms with van der Waals surface area (Å²) in [6.07, 6.45) is 1.73. The average molecular weight is 304 g/mol. The Balaban J connectivity index is 2.99. The third-order valence-electron chi connectivity index (χ3n) is 2.81. The second-order valence-electron chi connectivity index (χ2n) is 5.11. The Bertz CT molecular complexity index is 577. The van der Waals surface area contributed by atoms with Crippen LogP contribution in [0.15, 0.2) is 17.2 Å². The molecule has 1 atom stereocenters. The predicted molar refractivity (Wildman–Crippen MR) is 73.0 cm³/mol. The molecule has 0 saturated heterocycles. The monoisotopic (exact) mass is 304 g/mol. The van der Waals surface area contributed by atoms with Crippen molar-refractivity contribution in [3.63, 3.8) is 0 Å². The fourth-order valence-electron chi connectivity index (χ4n) is 1.91. The van der Waals surface area contributed by atoms with E-state index in [0.29, 0.717) is 6.42 Å². The summed E-state index contributed by atoms with van der Waals surface area (Å²) in [5.41, 5.74) is -0.116. The topological polar surface area (TPSA) is 109 Å². The molecular formula is C12H20N2O5S. The molecule has 0 fully saturated rings. The number of aliphatic hydroxyl groups excluding tert-OH is 1. The quantitative estimate of drug-likeness (QED) is 0.676. The number of rotatable bonds is 7. The first-order valence-electron chi connectivity index (χ1n) is 6.20. The summed E-state index contributed by atoms with van der Waals surface area (Å²) in [4.78, 5) is 10.8. The first kappa shape index (κ1) is 16.7. The number of aliphatic hydroxyl groups is 1. The summed E-state index contributed by atoms with van der Waals surface area (Å²) in [7, 11) is -2.39. The normalized spacial score (nSPS) is 13.7. The summed E-state index contributed by atoms with van der Waals surface area (Å²) < 4.78 is 27.9. The standard InChI is InChI=1S/C12H20N2O5S/c1-8(2)4-9(7-15)13-20(18,19)10-5-11(12(16)17)14(3)6-10/h5-6,8-9,13,15H,4,7H2,1-3H3,(H,16,17). The van der Waals surface area contributed by atoms with E-state index in [-0.39, 0.29) is 23.1 Å². The number of nitrogens with zero attached hydrogens (tertiary/aromatic N) is 1. The van der Waals surface area contributed by atoms with Gasteiger partial charge in [-0.15, -0.1) is 0 Å². The lowest BCUT2D eigenvalue weighted by Gasteiger charge is -2.17. The lowest BCUT2D eigenvalue weighted by molar-refractivity contribution is 0.0686. The Labute approximate surface area is 118 Å². The Kier molecular flexibility index (Phi) is 5.32. The highest BCUT2D eigenvalue weighted by Gasteiger charge is 2.23. The van der Waals surface area contributed by atoms with Crippen LogP contribution in [0.1, 0.15) is 30.8 Å². The van der Waals surface area contributed by atoms with E-state index in [9.17, 15) is 18.3 Å². The summed E-state index contributed by atoms with van der Waals surface area (Å²) in [5.74, 6) is -0.977. The minimum atomic E-state index is -3.85. The number of nitrogens with one attached hydrogen (secondary N) is 1. The first-order valence-corrected chi connectivity index (χ1v) is 7.68. The van der Waals surface area contributed by atoms with Gasteiger partial charge in [0.05, 0.1) is 6.61 Å². The number of aromatic nitrogens is 1. The third kappa shape index (κ3) is 4.06. The molecule has 0 aliphatic rings. The van der Waals surface area contributed by atoms with Gasteiger partial charge in [0.2, 0.25) is 10.0 Å². The maximum absolute atomic E-state index is 12.1. The molecular weight excluding hydrogens is 284 g/mol. The Hall–Kier alpha value is -1.38. The molecule has 0 bridgehead atoms. The van der Waals surface area contributed by atoms with Crippen LogP contribution < -0.4 is 4.72 Å². The van der Waals surface area contributed by atoms with Crippen LogP contribution in [0.5, 0.6) is 0 Å². The minimum Gasteiger partial charge on any atom is -0.477 e. The van der Waals surface area contributed by atoms with Gasteiger partial charge >= 0.3 is 5.97 Å². The molecule has 1 rings (SSSR count). The molecule has 0 saturated carbocycles. The van der Waals surface area contributed by atoms with Crippen molar-refractivity contribution in [1.29, 1.82) is 0 Å². The van der Waals surface area contributed by atoms with Gasteiger partial charge in [-0.2, -0.15) is 0 Å². The molecule has 0 aromatic carbocycles. The van der Waals surface area contributed by atoms with Gasteiger partial charge in [0.15, 0.2) is 0 Å². The van der Waals surface area contributed by atoms with E-state index in [4.69, 9.17) is 5.11 Å². The summed E-state index contributed by atoms with van der Waals surface area (Å²) >= 11 is 0. The van der Waals surface area contributed by atoms with Crippen molar-refractivity contribution in [2.45, 2.75) is 31.2 Å². The van der Waals surface area contributed by atoms with E-state index < -0.39 is 22.0 Å². The Morgan fingerprint density at radius 2 is 2.05 bits per heavy atom. The number of hydrogen-bond acceptors (Lipinski definition) is 4. The number of aryl methyl sites for hydroxylation is 1. The number of carboxylic acid groups (broad SMARTS) is 1. The molecule has 114 valence electrons. The Morgan fingerprint density at radius 1 is 1.45 bits per heavy atom. The molecule has 7 nitrogen and oxygen atoms in total. The number of carbonyl (C=O) groups is 1. The second kappa shape index (κ2) is 6.38. The van der Waals surface area contributed by atoms with Crippen LogP contribution in [0.25, 0.3) is 0 Å². The fraction of sp³-hybridized carbons (Fsp3) is 0.583. The van der Waals surface area contributed by atoms with Crippen LogP contribution in [0.2, 0.25) is 0 Å². The number of aromatic carboxylic acids is 1. The van der Waals surface area contributed by atoms with Gasteiger partial charge in [-0.05, 0) is 18.4 Å². The molecule has 0 amide bonds. The molecule has 3 N–H and O–H groups in total. The second-order valence-corrected chi connectivity index (χ2v) is 6.82. The fourth-order valence-corrected chi connectivity index (χ4v) is 3.22. The molecule has 1 heterocycles. The molecule has 0 aliphatic carbocycles. The van der Waals surface area contributed by atoms with Crippen LogP contribution in [-0.2, 0) is 17.1 Å². The van der Waals surface area contributed by atoms with Crippen LogP contribution in [0, 0.1) is 5.92 Å².